The van der Waals surface area contributed by atoms with Crippen LogP contribution in [0.4, 0.5) is 14.5 Å². The van der Waals surface area contributed by atoms with Crippen LogP contribution in [-0.2, 0) is 27.7 Å². The number of sulfonamides is 1. The summed E-state index contributed by atoms with van der Waals surface area (Å²) in [5.74, 6) is -2.68. The third-order valence-corrected chi connectivity index (χ3v) is 9.18. The molecule has 1 fully saturated rings. The van der Waals surface area contributed by atoms with Crippen LogP contribution in [0.1, 0.15) is 51.6 Å². The fourth-order valence-corrected chi connectivity index (χ4v) is 5.33. The van der Waals surface area contributed by atoms with Crippen molar-refractivity contribution < 1.29 is 31.6 Å². The Labute approximate surface area is 274 Å². The number of rotatable bonds is 16. The number of carbonyl (C=O) groups is 3. The topological polar surface area (TPSA) is 137 Å². The van der Waals surface area contributed by atoms with Crippen molar-refractivity contribution in [2.75, 3.05) is 37.2 Å². The molecule has 1 saturated carbocycles. The Morgan fingerprint density at radius 3 is 2.21 bits per heavy atom. The van der Waals surface area contributed by atoms with E-state index >= 15 is 0 Å². The Morgan fingerprint density at radius 1 is 0.894 bits per heavy atom. The maximum absolute atomic E-state index is 13.7. The summed E-state index contributed by atoms with van der Waals surface area (Å²) in [6.07, 6.45) is 3.90. The summed E-state index contributed by atoms with van der Waals surface area (Å²) in [6, 6.07) is 16.1. The summed E-state index contributed by atoms with van der Waals surface area (Å²) >= 11 is 0. The summed E-state index contributed by atoms with van der Waals surface area (Å²) in [5.41, 5.74) is 1.62. The van der Waals surface area contributed by atoms with E-state index in [1.165, 1.54) is 31.3 Å². The maximum Gasteiger partial charge on any atom is 0.251 e. The smallest absolute Gasteiger partial charge is 0.251 e. The van der Waals surface area contributed by atoms with E-state index in [-0.39, 0.29) is 42.2 Å². The van der Waals surface area contributed by atoms with E-state index in [4.69, 9.17) is 0 Å². The van der Waals surface area contributed by atoms with Gasteiger partial charge in [-0.3, -0.25) is 18.7 Å². The molecule has 4 rings (SSSR count). The van der Waals surface area contributed by atoms with Crippen molar-refractivity contribution >= 4 is 33.4 Å². The van der Waals surface area contributed by atoms with Crippen LogP contribution in [-0.4, -0.2) is 71.2 Å². The van der Waals surface area contributed by atoms with E-state index in [9.17, 15) is 31.6 Å². The second kappa shape index (κ2) is 16.0. The monoisotopic (exact) mass is 669 g/mol. The molecule has 4 N–H and O–H groups in total. The molecular formula is C34H41F2N5O5S. The number of carbonyl (C=O) groups excluding carboxylic acids is 3. The summed E-state index contributed by atoms with van der Waals surface area (Å²) < 4.78 is 52.6. The van der Waals surface area contributed by atoms with Gasteiger partial charge in [0.05, 0.1) is 18.0 Å². The van der Waals surface area contributed by atoms with Crippen LogP contribution in [0.5, 0.6) is 0 Å². The molecule has 47 heavy (non-hydrogen) atoms. The highest BCUT2D eigenvalue weighted by atomic mass is 32.2. The molecule has 252 valence electrons. The maximum atomic E-state index is 13.7. The van der Waals surface area contributed by atoms with Crippen molar-refractivity contribution in [2.24, 2.45) is 5.92 Å². The van der Waals surface area contributed by atoms with Crippen molar-refractivity contribution in [2.45, 2.75) is 44.7 Å². The van der Waals surface area contributed by atoms with E-state index in [0.717, 1.165) is 41.1 Å². The van der Waals surface area contributed by atoms with Crippen LogP contribution < -0.4 is 25.6 Å². The molecule has 0 aliphatic heterocycles. The zero-order valence-corrected chi connectivity index (χ0v) is 27.5. The summed E-state index contributed by atoms with van der Waals surface area (Å²) in [7, 11) is -2.43. The van der Waals surface area contributed by atoms with E-state index < -0.39 is 45.6 Å². The summed E-state index contributed by atoms with van der Waals surface area (Å²) in [6.45, 7) is 2.74. The normalized spacial score (nSPS) is 14.1. The van der Waals surface area contributed by atoms with Crippen LogP contribution >= 0.6 is 0 Å². The van der Waals surface area contributed by atoms with E-state index in [1.54, 1.807) is 6.92 Å². The molecule has 1 aliphatic carbocycles. The first kappa shape index (κ1) is 35.5. The Balaban J connectivity index is 1.51. The number of halogens is 2. The third kappa shape index (κ3) is 10.9. The molecule has 0 spiro atoms. The minimum absolute atomic E-state index is 0.0344. The van der Waals surface area contributed by atoms with E-state index in [2.05, 4.69) is 21.3 Å². The Morgan fingerprint density at radius 2 is 1.57 bits per heavy atom. The molecule has 3 aromatic carbocycles. The van der Waals surface area contributed by atoms with Gasteiger partial charge in [0, 0.05) is 43.9 Å². The molecule has 0 radical (unpaired) electrons. The SMILES string of the molecule is C[C@H](NC[C@H](Cc1ccccc1)NC(=O)c1cc(C(=O)NCCc2ccc(F)c(F)c2)cc(N(C)S(C)(=O)=O)c1)C(=O)NCC1CC1. The largest absolute Gasteiger partial charge is 0.354 e. The number of anilines is 1. The lowest BCUT2D eigenvalue weighted by atomic mass is 10.0. The van der Waals surface area contributed by atoms with Gasteiger partial charge in [-0.2, -0.15) is 0 Å². The van der Waals surface area contributed by atoms with Crippen molar-refractivity contribution in [1.82, 2.24) is 21.3 Å². The highest BCUT2D eigenvalue weighted by molar-refractivity contribution is 7.92. The minimum atomic E-state index is -3.74. The molecule has 10 nitrogen and oxygen atoms in total. The zero-order chi connectivity index (χ0) is 34.1. The Kier molecular flexibility index (Phi) is 12.1. The molecule has 0 heterocycles. The van der Waals surface area contributed by atoms with Gasteiger partial charge in [-0.1, -0.05) is 36.4 Å². The highest BCUT2D eigenvalue weighted by Gasteiger charge is 2.24. The zero-order valence-electron chi connectivity index (χ0n) is 26.7. The van der Waals surface area contributed by atoms with Crippen LogP contribution in [0.15, 0.2) is 66.7 Å². The number of amides is 3. The van der Waals surface area contributed by atoms with Crippen molar-refractivity contribution in [3.63, 3.8) is 0 Å². The number of nitrogens with zero attached hydrogens (tertiary/aromatic N) is 1. The fraction of sp³-hybridized carbons (Fsp3) is 0.382. The van der Waals surface area contributed by atoms with Gasteiger partial charge in [-0.15, -0.1) is 0 Å². The van der Waals surface area contributed by atoms with Gasteiger partial charge in [-0.05, 0) is 80.0 Å². The minimum Gasteiger partial charge on any atom is -0.354 e. The van der Waals surface area contributed by atoms with E-state index in [1.807, 2.05) is 30.3 Å². The second-order valence-corrected chi connectivity index (χ2v) is 13.9. The van der Waals surface area contributed by atoms with Gasteiger partial charge in [-0.25, -0.2) is 17.2 Å². The second-order valence-electron chi connectivity index (χ2n) is 11.9. The average molecular weight is 670 g/mol. The van der Waals surface area contributed by atoms with Crippen LogP contribution in [0.25, 0.3) is 0 Å². The number of nitrogens with one attached hydrogen (secondary N) is 4. The lowest BCUT2D eigenvalue weighted by Crippen LogP contribution is -2.49. The van der Waals surface area contributed by atoms with Crippen LogP contribution in [0.3, 0.4) is 0 Å². The third-order valence-electron chi connectivity index (χ3n) is 7.97. The van der Waals surface area contributed by atoms with Gasteiger partial charge in [0.15, 0.2) is 11.6 Å². The molecule has 13 heteroatoms. The molecule has 3 aromatic rings. The number of hydrogen-bond donors (Lipinski definition) is 4. The first-order valence-corrected chi connectivity index (χ1v) is 17.3. The average Bonchev–Trinajstić information content (AvgIpc) is 3.88. The predicted molar refractivity (Wildman–Crippen MR) is 177 cm³/mol. The van der Waals surface area contributed by atoms with Crippen molar-refractivity contribution in [3.8, 4) is 0 Å². The number of benzene rings is 3. The Hall–Kier alpha value is -4.36. The standard InChI is InChI=1S/C34H41F2N5O5S/c1-22(32(42)39-20-25-9-10-25)38-21-28(15-23-7-5-4-6-8-23)40-34(44)27-17-26(18-29(19-27)41(2)47(3,45)46)33(43)37-14-13-24-11-12-30(35)31(36)16-24/h4-8,11-12,16-19,22,25,28,38H,9-10,13-15,20-21H2,1-3H3,(H,37,43)(H,39,42)(H,40,44)/t22-,28-/m0/s1. The fourth-order valence-electron chi connectivity index (χ4n) is 4.84. The van der Waals surface area contributed by atoms with Crippen LogP contribution in [0, 0.1) is 17.6 Å². The summed E-state index contributed by atoms with van der Waals surface area (Å²) in [4.78, 5) is 39.4. The van der Waals surface area contributed by atoms with Crippen molar-refractivity contribution in [1.29, 1.82) is 0 Å². The Bertz CT molecular complexity index is 1690. The lowest BCUT2D eigenvalue weighted by molar-refractivity contribution is -0.122. The first-order valence-electron chi connectivity index (χ1n) is 15.5. The molecule has 2 atom stereocenters. The number of hydrogen-bond acceptors (Lipinski definition) is 6. The summed E-state index contributed by atoms with van der Waals surface area (Å²) in [5, 5.41) is 11.8. The first-order chi connectivity index (χ1) is 22.3. The lowest BCUT2D eigenvalue weighted by Gasteiger charge is -2.23. The molecular weight excluding hydrogens is 628 g/mol. The van der Waals surface area contributed by atoms with Gasteiger partial charge in [0.2, 0.25) is 15.9 Å². The quantitative estimate of drug-likeness (QED) is 0.185. The molecule has 0 saturated heterocycles. The van der Waals surface area contributed by atoms with Gasteiger partial charge < -0.3 is 21.3 Å². The molecule has 0 unspecified atom stereocenters. The molecule has 3 amide bonds. The molecule has 0 bridgehead atoms. The van der Waals surface area contributed by atoms with E-state index in [0.29, 0.717) is 24.4 Å². The predicted octanol–water partition coefficient (Wildman–Crippen LogP) is 3.18. The molecule has 0 aromatic heterocycles. The van der Waals surface area contributed by atoms with Gasteiger partial charge in [0.1, 0.15) is 0 Å². The molecule has 1 aliphatic rings. The van der Waals surface area contributed by atoms with Crippen molar-refractivity contribution in [3.05, 3.63) is 101 Å². The van der Waals surface area contributed by atoms with Crippen LogP contribution in [0.2, 0.25) is 0 Å². The van der Waals surface area contributed by atoms with Gasteiger partial charge >= 0.3 is 0 Å². The van der Waals surface area contributed by atoms with Gasteiger partial charge in [0.25, 0.3) is 11.8 Å². The highest BCUT2D eigenvalue weighted by Crippen LogP contribution is 2.27.